The number of aliphatic carboxylic acids is 1. The fourth-order valence-corrected chi connectivity index (χ4v) is 3.33. The summed E-state index contributed by atoms with van der Waals surface area (Å²) in [6.45, 7) is 1.80. The van der Waals surface area contributed by atoms with Crippen LogP contribution in [-0.4, -0.2) is 35.7 Å². The van der Waals surface area contributed by atoms with Crippen molar-refractivity contribution in [3.05, 3.63) is 58.6 Å². The first-order chi connectivity index (χ1) is 12.6. The Bertz CT molecular complexity index is 763. The Morgan fingerprint density at radius 2 is 1.92 bits per heavy atom. The molecule has 0 spiro atoms. The monoisotopic (exact) mass is 375 g/mol. The van der Waals surface area contributed by atoms with Gasteiger partial charge in [0.1, 0.15) is 12.6 Å². The van der Waals surface area contributed by atoms with E-state index in [0.29, 0.717) is 36.1 Å². The van der Waals surface area contributed by atoms with Gasteiger partial charge in [0.25, 0.3) is 0 Å². The average Bonchev–Trinajstić information content (AvgIpc) is 3.10. The van der Waals surface area contributed by atoms with Gasteiger partial charge in [-0.05, 0) is 54.8 Å². The predicted molar refractivity (Wildman–Crippen MR) is 99.8 cm³/mol. The normalized spacial score (nSPS) is 17.2. The van der Waals surface area contributed by atoms with E-state index >= 15 is 0 Å². The molecule has 2 aromatic rings. The number of methoxy groups -OCH3 is 1. The maximum Gasteiger partial charge on any atom is 0.320 e. The van der Waals surface area contributed by atoms with Gasteiger partial charge < -0.3 is 14.6 Å². The van der Waals surface area contributed by atoms with Crippen LogP contribution in [0, 0.1) is 0 Å². The zero-order valence-electron chi connectivity index (χ0n) is 14.7. The van der Waals surface area contributed by atoms with Crippen molar-refractivity contribution < 1.29 is 19.4 Å². The van der Waals surface area contributed by atoms with Crippen molar-refractivity contribution in [2.24, 2.45) is 0 Å². The van der Waals surface area contributed by atoms with Gasteiger partial charge in [-0.3, -0.25) is 9.69 Å². The molecule has 1 fully saturated rings. The number of likely N-dealkylation sites (tertiary alicyclic amines) is 1. The minimum atomic E-state index is -0.752. The number of carbonyl (C=O) groups is 1. The van der Waals surface area contributed by atoms with Gasteiger partial charge in [-0.25, -0.2) is 0 Å². The Labute approximate surface area is 158 Å². The molecule has 1 saturated heterocycles. The highest BCUT2D eigenvalue weighted by Crippen LogP contribution is 2.30. The molecule has 5 nitrogen and oxygen atoms in total. The molecule has 1 aliphatic heterocycles. The van der Waals surface area contributed by atoms with Crippen LogP contribution in [0.3, 0.4) is 0 Å². The van der Waals surface area contributed by atoms with Gasteiger partial charge in [-0.15, -0.1) is 0 Å². The van der Waals surface area contributed by atoms with E-state index in [0.717, 1.165) is 24.1 Å². The highest BCUT2D eigenvalue weighted by atomic mass is 35.5. The van der Waals surface area contributed by atoms with Crippen LogP contribution in [0.4, 0.5) is 0 Å². The number of rotatable bonds is 7. The summed E-state index contributed by atoms with van der Waals surface area (Å²) in [5.41, 5.74) is 2.02. The average molecular weight is 376 g/mol. The summed E-state index contributed by atoms with van der Waals surface area (Å²) >= 11 is 5.89. The molecule has 1 heterocycles. The first kappa shape index (κ1) is 18.5. The molecule has 0 bridgehead atoms. The van der Waals surface area contributed by atoms with Gasteiger partial charge in [0.15, 0.2) is 11.5 Å². The van der Waals surface area contributed by atoms with Crippen LogP contribution in [-0.2, 0) is 17.9 Å². The van der Waals surface area contributed by atoms with Gasteiger partial charge >= 0.3 is 5.97 Å². The molecule has 0 unspecified atom stereocenters. The summed E-state index contributed by atoms with van der Waals surface area (Å²) in [5.74, 6) is 0.544. The minimum Gasteiger partial charge on any atom is -0.493 e. The van der Waals surface area contributed by atoms with E-state index in [1.54, 1.807) is 7.11 Å². The number of carboxylic acids is 1. The van der Waals surface area contributed by atoms with Gasteiger partial charge in [0.2, 0.25) is 0 Å². The molecule has 0 radical (unpaired) electrons. The first-order valence-corrected chi connectivity index (χ1v) is 8.95. The van der Waals surface area contributed by atoms with Crippen LogP contribution in [0.1, 0.15) is 24.0 Å². The van der Waals surface area contributed by atoms with Gasteiger partial charge in [0.05, 0.1) is 7.11 Å². The Morgan fingerprint density at radius 3 is 2.62 bits per heavy atom. The van der Waals surface area contributed by atoms with E-state index in [4.69, 9.17) is 21.1 Å². The fraction of sp³-hybridized carbons (Fsp3) is 0.350. The Balaban J connectivity index is 1.67. The lowest BCUT2D eigenvalue weighted by Crippen LogP contribution is -2.35. The largest absolute Gasteiger partial charge is 0.493 e. The molecule has 0 aliphatic carbocycles. The second-order valence-corrected chi connectivity index (χ2v) is 6.80. The third kappa shape index (κ3) is 4.48. The lowest BCUT2D eigenvalue weighted by Gasteiger charge is -2.21. The van der Waals surface area contributed by atoms with Gasteiger partial charge in [-0.1, -0.05) is 29.8 Å². The van der Waals surface area contributed by atoms with E-state index < -0.39 is 12.0 Å². The SMILES string of the molecule is COc1cc(CN2CCC[C@@H]2C(=O)O)ccc1OCc1ccc(Cl)cc1. The van der Waals surface area contributed by atoms with Crippen molar-refractivity contribution in [2.75, 3.05) is 13.7 Å². The number of halogens is 1. The number of hydrogen-bond acceptors (Lipinski definition) is 4. The van der Waals surface area contributed by atoms with Crippen LogP contribution in [0.25, 0.3) is 0 Å². The molecule has 3 rings (SSSR count). The lowest BCUT2D eigenvalue weighted by atomic mass is 10.1. The number of benzene rings is 2. The van der Waals surface area contributed by atoms with Crippen molar-refractivity contribution in [3.63, 3.8) is 0 Å². The fourth-order valence-electron chi connectivity index (χ4n) is 3.20. The molecule has 1 aliphatic rings. The molecule has 2 aromatic carbocycles. The number of nitrogens with zero attached hydrogens (tertiary/aromatic N) is 1. The highest BCUT2D eigenvalue weighted by Gasteiger charge is 2.30. The van der Waals surface area contributed by atoms with Crippen molar-refractivity contribution in [1.82, 2.24) is 4.90 Å². The van der Waals surface area contributed by atoms with Gasteiger partial charge in [-0.2, -0.15) is 0 Å². The molecular weight excluding hydrogens is 354 g/mol. The molecule has 138 valence electrons. The van der Waals surface area contributed by atoms with Crippen LogP contribution >= 0.6 is 11.6 Å². The second kappa shape index (κ2) is 8.43. The summed E-state index contributed by atoms with van der Waals surface area (Å²) in [7, 11) is 1.60. The molecule has 6 heteroatoms. The molecule has 1 atom stereocenters. The lowest BCUT2D eigenvalue weighted by molar-refractivity contribution is -0.142. The summed E-state index contributed by atoms with van der Waals surface area (Å²) in [4.78, 5) is 13.3. The topological polar surface area (TPSA) is 59.0 Å². The minimum absolute atomic E-state index is 0.401. The maximum absolute atomic E-state index is 11.3. The second-order valence-electron chi connectivity index (χ2n) is 6.37. The standard InChI is InChI=1S/C20H22ClNO4/c1-25-19-11-15(12-22-10-2-3-17(22)20(23)24)6-9-18(19)26-13-14-4-7-16(21)8-5-14/h4-9,11,17H,2-3,10,12-13H2,1H3,(H,23,24)/t17-/m1/s1. The van der Waals surface area contributed by atoms with Crippen molar-refractivity contribution >= 4 is 17.6 Å². The molecule has 0 amide bonds. The summed E-state index contributed by atoms with van der Waals surface area (Å²) in [5, 5.41) is 10.00. The Morgan fingerprint density at radius 1 is 1.19 bits per heavy atom. The molecule has 1 N–H and O–H groups in total. The first-order valence-electron chi connectivity index (χ1n) is 8.58. The van der Waals surface area contributed by atoms with E-state index in [2.05, 4.69) is 0 Å². The smallest absolute Gasteiger partial charge is 0.320 e. The number of carboxylic acid groups (broad SMARTS) is 1. The highest BCUT2D eigenvalue weighted by molar-refractivity contribution is 6.30. The summed E-state index contributed by atoms with van der Waals surface area (Å²) in [6.07, 6.45) is 1.62. The molecule has 26 heavy (non-hydrogen) atoms. The van der Waals surface area contributed by atoms with Crippen LogP contribution in [0.15, 0.2) is 42.5 Å². The maximum atomic E-state index is 11.3. The van der Waals surface area contributed by atoms with Gasteiger partial charge in [0, 0.05) is 11.6 Å². The molecular formula is C20H22ClNO4. The summed E-state index contributed by atoms with van der Waals surface area (Å²) < 4.78 is 11.3. The molecule has 0 saturated carbocycles. The van der Waals surface area contributed by atoms with E-state index in [1.165, 1.54) is 0 Å². The van der Waals surface area contributed by atoms with E-state index in [1.807, 2.05) is 47.4 Å². The molecule has 0 aromatic heterocycles. The van der Waals surface area contributed by atoms with Crippen LogP contribution < -0.4 is 9.47 Å². The predicted octanol–water partition coefficient (Wildman–Crippen LogP) is 3.98. The van der Waals surface area contributed by atoms with Crippen molar-refractivity contribution in [1.29, 1.82) is 0 Å². The zero-order valence-corrected chi connectivity index (χ0v) is 15.4. The van der Waals surface area contributed by atoms with E-state index in [-0.39, 0.29) is 0 Å². The third-order valence-corrected chi connectivity index (χ3v) is 4.82. The summed E-state index contributed by atoms with van der Waals surface area (Å²) in [6, 6.07) is 12.8. The third-order valence-electron chi connectivity index (χ3n) is 4.57. The quantitative estimate of drug-likeness (QED) is 0.793. The van der Waals surface area contributed by atoms with Crippen molar-refractivity contribution in [2.45, 2.75) is 32.0 Å². The number of hydrogen-bond donors (Lipinski definition) is 1. The Kier molecular flexibility index (Phi) is 6.01. The number of ether oxygens (including phenoxy) is 2. The van der Waals surface area contributed by atoms with Crippen LogP contribution in [0.5, 0.6) is 11.5 Å². The Hall–Kier alpha value is -2.24. The van der Waals surface area contributed by atoms with E-state index in [9.17, 15) is 9.90 Å². The van der Waals surface area contributed by atoms with Crippen LogP contribution in [0.2, 0.25) is 5.02 Å². The zero-order chi connectivity index (χ0) is 18.5. The van der Waals surface area contributed by atoms with Crippen molar-refractivity contribution in [3.8, 4) is 11.5 Å².